The van der Waals surface area contributed by atoms with Crippen LogP contribution in [0.5, 0.6) is 0 Å². The molecule has 0 aliphatic carbocycles. The zero-order valence-corrected chi connectivity index (χ0v) is 11.7. The van der Waals surface area contributed by atoms with E-state index in [0.717, 1.165) is 49.5 Å². The highest BCUT2D eigenvalue weighted by atomic mass is 16.5. The van der Waals surface area contributed by atoms with Gasteiger partial charge in [0.1, 0.15) is 12.1 Å². The van der Waals surface area contributed by atoms with E-state index in [1.54, 1.807) is 6.33 Å². The molecule has 5 heteroatoms. The van der Waals surface area contributed by atoms with Crippen molar-refractivity contribution >= 4 is 16.7 Å². The molecule has 1 aliphatic rings. The van der Waals surface area contributed by atoms with Gasteiger partial charge in [-0.25, -0.2) is 9.97 Å². The maximum absolute atomic E-state index is 5.80. The van der Waals surface area contributed by atoms with Crippen LogP contribution >= 0.6 is 0 Å². The van der Waals surface area contributed by atoms with Crippen molar-refractivity contribution in [2.24, 2.45) is 0 Å². The molecule has 0 amide bonds. The van der Waals surface area contributed by atoms with Crippen molar-refractivity contribution < 1.29 is 4.74 Å². The number of nitrogens with zero attached hydrogens (tertiary/aromatic N) is 3. The molecular formula is C15H20N4O. The topological polar surface area (TPSA) is 50.3 Å². The van der Waals surface area contributed by atoms with E-state index in [1.165, 1.54) is 0 Å². The third-order valence-corrected chi connectivity index (χ3v) is 3.71. The monoisotopic (exact) mass is 272 g/mol. The van der Waals surface area contributed by atoms with Crippen molar-refractivity contribution in [1.82, 2.24) is 14.9 Å². The van der Waals surface area contributed by atoms with Gasteiger partial charge in [-0.05, 0) is 18.7 Å². The van der Waals surface area contributed by atoms with Gasteiger partial charge in [0.05, 0.1) is 18.2 Å². The molecule has 1 saturated heterocycles. The largest absolute Gasteiger partial charge is 0.374 e. The fourth-order valence-electron chi connectivity index (χ4n) is 2.55. The standard InChI is InChI=1S/C15H20N4O/c1-2-19-7-8-20-12(10-19)9-16-15-13-5-3-4-6-14(13)17-11-18-15/h3-6,11-12H,2,7-10H2,1H3,(H,16,17,18). The summed E-state index contributed by atoms with van der Waals surface area (Å²) in [4.78, 5) is 11.0. The summed E-state index contributed by atoms with van der Waals surface area (Å²) < 4.78 is 5.80. The summed E-state index contributed by atoms with van der Waals surface area (Å²) in [5.74, 6) is 0.882. The van der Waals surface area contributed by atoms with E-state index >= 15 is 0 Å². The molecule has 1 aromatic heterocycles. The molecule has 5 nitrogen and oxygen atoms in total. The summed E-state index contributed by atoms with van der Waals surface area (Å²) in [7, 11) is 0. The minimum atomic E-state index is 0.220. The molecule has 20 heavy (non-hydrogen) atoms. The van der Waals surface area contributed by atoms with E-state index in [1.807, 2.05) is 24.3 Å². The maximum atomic E-state index is 5.80. The molecule has 1 atom stereocenters. The minimum absolute atomic E-state index is 0.220. The van der Waals surface area contributed by atoms with E-state index in [9.17, 15) is 0 Å². The fourth-order valence-corrected chi connectivity index (χ4v) is 2.55. The van der Waals surface area contributed by atoms with Gasteiger partial charge >= 0.3 is 0 Å². The summed E-state index contributed by atoms with van der Waals surface area (Å²) in [5, 5.41) is 4.45. The van der Waals surface area contributed by atoms with E-state index in [0.29, 0.717) is 0 Å². The van der Waals surface area contributed by atoms with Gasteiger partial charge in [0, 0.05) is 25.0 Å². The van der Waals surface area contributed by atoms with Crippen LogP contribution in [0, 0.1) is 0 Å². The first kappa shape index (κ1) is 13.3. The number of nitrogens with one attached hydrogen (secondary N) is 1. The molecule has 0 radical (unpaired) electrons. The smallest absolute Gasteiger partial charge is 0.137 e. The minimum Gasteiger partial charge on any atom is -0.374 e. The molecule has 1 unspecified atom stereocenters. The van der Waals surface area contributed by atoms with Crippen molar-refractivity contribution in [3.63, 3.8) is 0 Å². The molecule has 3 rings (SSSR count). The van der Waals surface area contributed by atoms with Gasteiger partial charge in [-0.2, -0.15) is 0 Å². The van der Waals surface area contributed by atoms with Crippen LogP contribution in [0.2, 0.25) is 0 Å². The number of morpholine rings is 1. The van der Waals surface area contributed by atoms with Crippen LogP contribution in [0.1, 0.15) is 6.92 Å². The summed E-state index contributed by atoms with van der Waals surface area (Å²) in [5.41, 5.74) is 0.963. The normalized spacial score (nSPS) is 20.1. The van der Waals surface area contributed by atoms with Crippen LogP contribution < -0.4 is 5.32 Å². The molecule has 1 fully saturated rings. The Balaban J connectivity index is 1.68. The zero-order chi connectivity index (χ0) is 13.8. The highest BCUT2D eigenvalue weighted by Gasteiger charge is 2.19. The number of benzene rings is 1. The molecule has 106 valence electrons. The summed E-state index contributed by atoms with van der Waals surface area (Å²) in [6.45, 7) is 6.86. The quantitative estimate of drug-likeness (QED) is 0.919. The van der Waals surface area contributed by atoms with Gasteiger partial charge < -0.3 is 10.1 Å². The number of fused-ring (bicyclic) bond motifs is 1. The summed E-state index contributed by atoms with van der Waals surface area (Å²) in [6, 6.07) is 8.03. The van der Waals surface area contributed by atoms with Gasteiger partial charge in [-0.1, -0.05) is 19.1 Å². The second-order valence-electron chi connectivity index (χ2n) is 5.01. The van der Waals surface area contributed by atoms with Gasteiger partial charge in [0.2, 0.25) is 0 Å². The van der Waals surface area contributed by atoms with Crippen molar-refractivity contribution in [1.29, 1.82) is 0 Å². The first-order chi connectivity index (χ1) is 9.86. The van der Waals surface area contributed by atoms with Crippen LogP contribution in [-0.4, -0.2) is 53.8 Å². The number of rotatable bonds is 4. The van der Waals surface area contributed by atoms with Crippen molar-refractivity contribution in [2.45, 2.75) is 13.0 Å². The van der Waals surface area contributed by atoms with E-state index < -0.39 is 0 Å². The molecule has 0 spiro atoms. The number of aromatic nitrogens is 2. The predicted molar refractivity (Wildman–Crippen MR) is 79.9 cm³/mol. The number of likely N-dealkylation sites (N-methyl/N-ethyl adjacent to an activating group) is 1. The van der Waals surface area contributed by atoms with Crippen LogP contribution in [0.3, 0.4) is 0 Å². The van der Waals surface area contributed by atoms with E-state index in [2.05, 4.69) is 27.1 Å². The Morgan fingerprint density at radius 3 is 3.15 bits per heavy atom. The lowest BCUT2D eigenvalue weighted by molar-refractivity contribution is -0.0192. The lowest BCUT2D eigenvalue weighted by Crippen LogP contribution is -2.45. The number of para-hydroxylation sites is 1. The zero-order valence-electron chi connectivity index (χ0n) is 11.7. The number of hydrogen-bond donors (Lipinski definition) is 1. The molecule has 1 aromatic carbocycles. The van der Waals surface area contributed by atoms with Crippen LogP contribution in [0.4, 0.5) is 5.82 Å². The average Bonchev–Trinajstić information content (AvgIpc) is 2.53. The molecule has 2 heterocycles. The lowest BCUT2D eigenvalue weighted by Gasteiger charge is -2.32. The van der Waals surface area contributed by atoms with Gasteiger partial charge in [-0.3, -0.25) is 4.90 Å². The third kappa shape index (κ3) is 2.89. The third-order valence-electron chi connectivity index (χ3n) is 3.71. The molecule has 0 saturated carbocycles. The average molecular weight is 272 g/mol. The van der Waals surface area contributed by atoms with Crippen LogP contribution in [0.15, 0.2) is 30.6 Å². The van der Waals surface area contributed by atoms with Crippen molar-refractivity contribution in [3.05, 3.63) is 30.6 Å². The highest BCUT2D eigenvalue weighted by molar-refractivity contribution is 5.88. The Morgan fingerprint density at radius 1 is 1.35 bits per heavy atom. The Labute approximate surface area is 119 Å². The molecule has 0 bridgehead atoms. The first-order valence-electron chi connectivity index (χ1n) is 7.14. The van der Waals surface area contributed by atoms with Gasteiger partial charge in [0.15, 0.2) is 0 Å². The number of ether oxygens (including phenoxy) is 1. The number of hydrogen-bond acceptors (Lipinski definition) is 5. The molecule has 2 aromatic rings. The first-order valence-corrected chi connectivity index (χ1v) is 7.14. The fraction of sp³-hybridized carbons (Fsp3) is 0.467. The van der Waals surface area contributed by atoms with E-state index in [-0.39, 0.29) is 6.10 Å². The Kier molecular flexibility index (Phi) is 4.08. The predicted octanol–water partition coefficient (Wildman–Crippen LogP) is 1.76. The van der Waals surface area contributed by atoms with Crippen LogP contribution in [-0.2, 0) is 4.74 Å². The van der Waals surface area contributed by atoms with Gasteiger partial charge in [0.25, 0.3) is 0 Å². The maximum Gasteiger partial charge on any atom is 0.137 e. The lowest BCUT2D eigenvalue weighted by atomic mass is 10.2. The SMILES string of the molecule is CCN1CCOC(CNc2ncnc3ccccc23)C1. The molecule has 1 aliphatic heterocycles. The Bertz CT molecular complexity index is 569. The second-order valence-corrected chi connectivity index (χ2v) is 5.01. The number of anilines is 1. The van der Waals surface area contributed by atoms with E-state index in [4.69, 9.17) is 4.74 Å². The Hall–Kier alpha value is -1.72. The van der Waals surface area contributed by atoms with Crippen LogP contribution in [0.25, 0.3) is 10.9 Å². The summed E-state index contributed by atoms with van der Waals surface area (Å²) in [6.07, 6.45) is 1.82. The van der Waals surface area contributed by atoms with Gasteiger partial charge in [-0.15, -0.1) is 0 Å². The summed E-state index contributed by atoms with van der Waals surface area (Å²) >= 11 is 0. The van der Waals surface area contributed by atoms with Crippen molar-refractivity contribution in [2.75, 3.05) is 38.1 Å². The molecular weight excluding hydrogens is 252 g/mol. The Morgan fingerprint density at radius 2 is 2.25 bits per heavy atom. The second kappa shape index (κ2) is 6.15. The molecule has 1 N–H and O–H groups in total. The van der Waals surface area contributed by atoms with Crippen molar-refractivity contribution in [3.8, 4) is 0 Å². The highest BCUT2D eigenvalue weighted by Crippen LogP contribution is 2.18.